The highest BCUT2D eigenvalue weighted by Crippen LogP contribution is 2.13. The van der Waals surface area contributed by atoms with Crippen molar-refractivity contribution < 1.29 is 9.53 Å². The predicted octanol–water partition coefficient (Wildman–Crippen LogP) is 2.52. The van der Waals surface area contributed by atoms with Crippen LogP contribution in [0.25, 0.3) is 0 Å². The molecule has 24 heavy (non-hydrogen) atoms. The molecule has 0 aliphatic carbocycles. The lowest BCUT2D eigenvalue weighted by atomic mass is 10.1. The standard InChI is InChI=1S/C17H21N3O3S/c1-11-14(16(22)20-17(18-11)24-3)7-8-15(21)19-13-6-4-5-12(9-13)10-23-2/h4-6,9H,7-8,10H2,1-3H3,(H,19,21)(H,18,20,22). The van der Waals surface area contributed by atoms with E-state index in [9.17, 15) is 9.59 Å². The van der Waals surface area contributed by atoms with Crippen molar-refractivity contribution in [1.29, 1.82) is 0 Å². The summed E-state index contributed by atoms with van der Waals surface area (Å²) in [5.74, 6) is -0.141. The van der Waals surface area contributed by atoms with Crippen molar-refractivity contribution in [1.82, 2.24) is 9.97 Å². The van der Waals surface area contributed by atoms with Gasteiger partial charge in [0.05, 0.1) is 6.61 Å². The molecule has 2 rings (SSSR count). The monoisotopic (exact) mass is 347 g/mol. The fourth-order valence-electron chi connectivity index (χ4n) is 2.34. The van der Waals surface area contributed by atoms with Crippen LogP contribution in [0.2, 0.25) is 0 Å². The number of nitrogens with one attached hydrogen (secondary N) is 2. The van der Waals surface area contributed by atoms with Crippen LogP contribution in [-0.4, -0.2) is 29.2 Å². The number of aromatic nitrogens is 2. The van der Waals surface area contributed by atoms with E-state index in [1.807, 2.05) is 30.5 Å². The Morgan fingerprint density at radius 3 is 2.88 bits per heavy atom. The average Bonchev–Trinajstić information content (AvgIpc) is 2.54. The van der Waals surface area contributed by atoms with E-state index in [-0.39, 0.29) is 17.9 Å². The van der Waals surface area contributed by atoms with Gasteiger partial charge < -0.3 is 15.0 Å². The SMILES string of the molecule is COCc1cccc(NC(=O)CCc2c(C)nc(SC)[nH]c2=O)c1. The Balaban J connectivity index is 1.99. The summed E-state index contributed by atoms with van der Waals surface area (Å²) in [6, 6.07) is 7.49. The number of aryl methyl sites for hydroxylation is 1. The minimum atomic E-state index is -0.179. The number of ether oxygens (including phenoxy) is 1. The van der Waals surface area contributed by atoms with E-state index in [2.05, 4.69) is 15.3 Å². The summed E-state index contributed by atoms with van der Waals surface area (Å²) in [7, 11) is 1.63. The first kappa shape index (κ1) is 18.2. The van der Waals surface area contributed by atoms with Crippen molar-refractivity contribution >= 4 is 23.4 Å². The maximum atomic E-state index is 12.1. The smallest absolute Gasteiger partial charge is 0.254 e. The van der Waals surface area contributed by atoms with Crippen molar-refractivity contribution in [3.05, 3.63) is 51.4 Å². The van der Waals surface area contributed by atoms with Gasteiger partial charge in [0, 0.05) is 30.5 Å². The van der Waals surface area contributed by atoms with Crippen LogP contribution in [-0.2, 0) is 22.6 Å². The molecule has 7 heteroatoms. The number of rotatable bonds is 7. The van der Waals surface area contributed by atoms with Crippen LogP contribution in [0.5, 0.6) is 0 Å². The number of nitrogens with zero attached hydrogens (tertiary/aromatic N) is 1. The van der Waals surface area contributed by atoms with E-state index in [0.717, 1.165) is 11.3 Å². The molecule has 1 heterocycles. The number of carbonyl (C=O) groups excluding carboxylic acids is 1. The van der Waals surface area contributed by atoms with E-state index in [1.54, 1.807) is 14.0 Å². The molecule has 0 bridgehead atoms. The molecule has 2 aromatic rings. The molecule has 0 fully saturated rings. The van der Waals surface area contributed by atoms with Gasteiger partial charge in [0.25, 0.3) is 5.56 Å². The molecule has 0 atom stereocenters. The first-order valence-corrected chi connectivity index (χ1v) is 8.77. The molecule has 1 aromatic heterocycles. The number of methoxy groups -OCH3 is 1. The number of carbonyl (C=O) groups is 1. The summed E-state index contributed by atoms with van der Waals surface area (Å²) in [6.07, 6.45) is 2.42. The summed E-state index contributed by atoms with van der Waals surface area (Å²) in [6.45, 7) is 2.28. The van der Waals surface area contributed by atoms with Crippen LogP contribution in [0.3, 0.4) is 0 Å². The second-order valence-corrected chi connectivity index (χ2v) is 6.12. The zero-order valence-corrected chi connectivity index (χ0v) is 14.8. The highest BCUT2D eigenvalue weighted by molar-refractivity contribution is 7.98. The molecule has 0 spiro atoms. The third kappa shape index (κ3) is 4.94. The largest absolute Gasteiger partial charge is 0.380 e. The second-order valence-electron chi connectivity index (χ2n) is 5.32. The summed E-state index contributed by atoms with van der Waals surface area (Å²) in [5.41, 5.74) is 2.74. The van der Waals surface area contributed by atoms with Gasteiger partial charge in [0.15, 0.2) is 5.16 Å². The molecule has 0 saturated heterocycles. The Bertz CT molecular complexity index is 774. The van der Waals surface area contributed by atoms with Gasteiger partial charge in [-0.15, -0.1) is 0 Å². The van der Waals surface area contributed by atoms with Crippen LogP contribution in [0.1, 0.15) is 23.2 Å². The number of amides is 1. The van der Waals surface area contributed by atoms with Crippen LogP contribution in [0.15, 0.2) is 34.2 Å². The van der Waals surface area contributed by atoms with E-state index < -0.39 is 0 Å². The summed E-state index contributed by atoms with van der Waals surface area (Å²) < 4.78 is 5.08. The number of hydrogen-bond donors (Lipinski definition) is 2. The molecular formula is C17H21N3O3S. The summed E-state index contributed by atoms with van der Waals surface area (Å²) in [4.78, 5) is 31.2. The first-order valence-electron chi connectivity index (χ1n) is 7.55. The quantitative estimate of drug-likeness (QED) is 0.594. The van der Waals surface area contributed by atoms with Crippen LogP contribution < -0.4 is 10.9 Å². The van der Waals surface area contributed by atoms with E-state index in [4.69, 9.17) is 4.74 Å². The Hall–Kier alpha value is -2.12. The number of H-pyrrole nitrogens is 1. The molecule has 2 N–H and O–H groups in total. The first-order chi connectivity index (χ1) is 11.5. The number of aromatic amines is 1. The number of anilines is 1. The Morgan fingerprint density at radius 1 is 1.42 bits per heavy atom. The maximum Gasteiger partial charge on any atom is 0.254 e. The predicted molar refractivity (Wildman–Crippen MR) is 95.5 cm³/mol. The fourth-order valence-corrected chi connectivity index (χ4v) is 2.77. The van der Waals surface area contributed by atoms with Crippen molar-refractivity contribution in [2.24, 2.45) is 0 Å². The molecular weight excluding hydrogens is 326 g/mol. The highest BCUT2D eigenvalue weighted by Gasteiger charge is 2.11. The maximum absolute atomic E-state index is 12.1. The lowest BCUT2D eigenvalue weighted by molar-refractivity contribution is -0.116. The van der Waals surface area contributed by atoms with Gasteiger partial charge in [-0.3, -0.25) is 9.59 Å². The second kappa shape index (κ2) is 8.65. The fraction of sp³-hybridized carbons (Fsp3) is 0.353. The minimum absolute atomic E-state index is 0.141. The van der Waals surface area contributed by atoms with Gasteiger partial charge in [-0.2, -0.15) is 0 Å². The summed E-state index contributed by atoms with van der Waals surface area (Å²) in [5, 5.41) is 3.43. The third-order valence-corrected chi connectivity index (χ3v) is 4.10. The molecule has 0 saturated carbocycles. The third-order valence-electron chi connectivity index (χ3n) is 3.52. The summed E-state index contributed by atoms with van der Waals surface area (Å²) >= 11 is 1.38. The van der Waals surface area contributed by atoms with Crippen LogP contribution in [0.4, 0.5) is 5.69 Å². The minimum Gasteiger partial charge on any atom is -0.380 e. The lowest BCUT2D eigenvalue weighted by Crippen LogP contribution is -2.20. The van der Waals surface area contributed by atoms with E-state index in [1.165, 1.54) is 11.8 Å². The van der Waals surface area contributed by atoms with Crippen molar-refractivity contribution in [3.63, 3.8) is 0 Å². The Morgan fingerprint density at radius 2 is 2.21 bits per heavy atom. The Kier molecular flexibility index (Phi) is 6.57. The van der Waals surface area contributed by atoms with Gasteiger partial charge in [0.1, 0.15) is 0 Å². The number of benzene rings is 1. The van der Waals surface area contributed by atoms with Gasteiger partial charge in [-0.1, -0.05) is 23.9 Å². The van der Waals surface area contributed by atoms with Crippen molar-refractivity contribution in [2.45, 2.75) is 31.5 Å². The average molecular weight is 347 g/mol. The van der Waals surface area contributed by atoms with Crippen molar-refractivity contribution in [2.75, 3.05) is 18.7 Å². The molecule has 1 aromatic carbocycles. The number of hydrogen-bond acceptors (Lipinski definition) is 5. The molecule has 6 nitrogen and oxygen atoms in total. The van der Waals surface area contributed by atoms with Gasteiger partial charge in [-0.05, 0) is 37.3 Å². The van der Waals surface area contributed by atoms with Crippen LogP contribution in [0, 0.1) is 6.92 Å². The van der Waals surface area contributed by atoms with Gasteiger partial charge >= 0.3 is 0 Å². The van der Waals surface area contributed by atoms with E-state index >= 15 is 0 Å². The molecule has 128 valence electrons. The molecule has 0 radical (unpaired) electrons. The van der Waals surface area contributed by atoms with E-state index in [0.29, 0.717) is 29.4 Å². The van der Waals surface area contributed by atoms with Gasteiger partial charge in [0.2, 0.25) is 5.91 Å². The molecule has 1 amide bonds. The molecule has 0 aliphatic heterocycles. The molecule has 0 aliphatic rings. The van der Waals surface area contributed by atoms with Crippen molar-refractivity contribution in [3.8, 4) is 0 Å². The zero-order valence-electron chi connectivity index (χ0n) is 14.0. The number of thioether (sulfide) groups is 1. The normalized spacial score (nSPS) is 10.6. The molecule has 0 unspecified atom stereocenters. The zero-order chi connectivity index (χ0) is 17.5. The van der Waals surface area contributed by atoms with Gasteiger partial charge in [-0.25, -0.2) is 4.98 Å². The lowest BCUT2D eigenvalue weighted by Gasteiger charge is -2.08. The van der Waals surface area contributed by atoms with Crippen LogP contribution >= 0.6 is 11.8 Å². The Labute approximate surface area is 145 Å². The topological polar surface area (TPSA) is 84.1 Å². The highest BCUT2D eigenvalue weighted by atomic mass is 32.2.